The summed E-state index contributed by atoms with van der Waals surface area (Å²) in [6.45, 7) is 5.42. The van der Waals surface area contributed by atoms with Gasteiger partial charge in [-0.1, -0.05) is 18.2 Å². The minimum atomic E-state index is 0.493. The van der Waals surface area contributed by atoms with E-state index in [-0.39, 0.29) is 0 Å². The van der Waals surface area contributed by atoms with Gasteiger partial charge in [0.25, 0.3) is 0 Å². The molecule has 0 fully saturated rings. The first-order chi connectivity index (χ1) is 8.27. The Morgan fingerprint density at radius 2 is 1.82 bits per heavy atom. The van der Waals surface area contributed by atoms with Gasteiger partial charge in [-0.3, -0.25) is 0 Å². The second-order valence-corrected chi connectivity index (χ2v) is 4.45. The van der Waals surface area contributed by atoms with E-state index >= 15 is 0 Å². The maximum Gasteiger partial charge on any atom is 0.105 e. The Hall–Kier alpha value is -1.70. The van der Waals surface area contributed by atoms with Crippen LogP contribution in [0.25, 0.3) is 0 Å². The number of hydrogen-bond acceptors (Lipinski definition) is 2. The van der Waals surface area contributed by atoms with Crippen LogP contribution >= 0.6 is 0 Å². The Morgan fingerprint density at radius 3 is 2.41 bits per heavy atom. The summed E-state index contributed by atoms with van der Waals surface area (Å²) >= 11 is 0. The molecule has 0 saturated carbocycles. The average molecular weight is 229 g/mol. The molecule has 0 aliphatic heterocycles. The van der Waals surface area contributed by atoms with Gasteiger partial charge in [0.2, 0.25) is 0 Å². The highest BCUT2D eigenvalue weighted by Crippen LogP contribution is 2.17. The summed E-state index contributed by atoms with van der Waals surface area (Å²) in [7, 11) is 0. The third kappa shape index (κ3) is 3.13. The van der Waals surface area contributed by atoms with E-state index < -0.39 is 0 Å². The lowest BCUT2D eigenvalue weighted by Crippen LogP contribution is -2.32. The molecule has 1 aromatic heterocycles. The number of hydrogen-bond donors (Lipinski definition) is 0. The van der Waals surface area contributed by atoms with Crippen LogP contribution < -0.4 is 4.90 Å². The fraction of sp³-hybridized carbons (Fsp3) is 0.333. The second kappa shape index (κ2) is 5.58. The molecule has 0 amide bonds. The Balaban J connectivity index is 2.03. The van der Waals surface area contributed by atoms with Crippen molar-refractivity contribution >= 4 is 5.69 Å². The zero-order valence-corrected chi connectivity index (χ0v) is 10.5. The highest BCUT2D eigenvalue weighted by atomic mass is 16.3. The van der Waals surface area contributed by atoms with Crippen LogP contribution in [0.1, 0.15) is 19.6 Å². The molecule has 0 spiro atoms. The molecule has 0 saturated heterocycles. The summed E-state index contributed by atoms with van der Waals surface area (Å²) in [5.41, 5.74) is 1.27. The number of anilines is 1. The molecule has 0 unspecified atom stereocenters. The highest BCUT2D eigenvalue weighted by molar-refractivity contribution is 5.46. The fourth-order valence-electron chi connectivity index (χ4n) is 1.99. The van der Waals surface area contributed by atoms with Gasteiger partial charge in [0.1, 0.15) is 5.76 Å². The minimum Gasteiger partial charge on any atom is -0.469 e. The number of nitrogens with zero attached hydrogens (tertiary/aromatic N) is 1. The molecule has 1 heterocycles. The zero-order valence-electron chi connectivity index (χ0n) is 10.5. The molecule has 0 radical (unpaired) electrons. The summed E-state index contributed by atoms with van der Waals surface area (Å²) < 4.78 is 5.37. The van der Waals surface area contributed by atoms with E-state index in [1.807, 2.05) is 12.1 Å². The summed E-state index contributed by atoms with van der Waals surface area (Å²) in [4.78, 5) is 2.39. The van der Waals surface area contributed by atoms with Crippen LogP contribution in [0.2, 0.25) is 0 Å². The van der Waals surface area contributed by atoms with Gasteiger partial charge >= 0.3 is 0 Å². The fourth-order valence-corrected chi connectivity index (χ4v) is 1.99. The van der Waals surface area contributed by atoms with Crippen molar-refractivity contribution in [1.82, 2.24) is 0 Å². The van der Waals surface area contributed by atoms with Crippen molar-refractivity contribution in [2.24, 2.45) is 0 Å². The van der Waals surface area contributed by atoms with Crippen LogP contribution in [0.3, 0.4) is 0 Å². The second-order valence-electron chi connectivity index (χ2n) is 4.45. The standard InChI is InChI=1S/C15H19NO/c1-13(2)16(14-7-4-3-5-8-14)11-10-15-9-6-12-17-15/h3-9,12-13H,10-11H2,1-2H3. The predicted octanol–water partition coefficient (Wildman–Crippen LogP) is 3.74. The lowest BCUT2D eigenvalue weighted by atomic mass is 10.2. The molecule has 0 aliphatic rings. The van der Waals surface area contributed by atoms with E-state index in [9.17, 15) is 0 Å². The lowest BCUT2D eigenvalue weighted by molar-refractivity contribution is 0.503. The SMILES string of the molecule is CC(C)N(CCc1ccco1)c1ccccc1. The van der Waals surface area contributed by atoms with Gasteiger partial charge in [-0.2, -0.15) is 0 Å². The molecule has 2 heteroatoms. The molecule has 2 nitrogen and oxygen atoms in total. The lowest BCUT2D eigenvalue weighted by Gasteiger charge is -2.28. The molecule has 2 rings (SSSR count). The summed E-state index contributed by atoms with van der Waals surface area (Å²) in [6, 6.07) is 15.0. The summed E-state index contributed by atoms with van der Waals surface area (Å²) in [5.74, 6) is 1.05. The van der Waals surface area contributed by atoms with E-state index in [4.69, 9.17) is 4.42 Å². The molecule has 0 aliphatic carbocycles. The first kappa shape index (κ1) is 11.8. The van der Waals surface area contributed by atoms with E-state index in [1.165, 1.54) is 5.69 Å². The molecular weight excluding hydrogens is 210 g/mol. The zero-order chi connectivity index (χ0) is 12.1. The first-order valence-electron chi connectivity index (χ1n) is 6.11. The number of rotatable bonds is 5. The van der Waals surface area contributed by atoms with Gasteiger partial charge in [-0.25, -0.2) is 0 Å². The van der Waals surface area contributed by atoms with E-state index in [1.54, 1.807) is 6.26 Å². The summed E-state index contributed by atoms with van der Waals surface area (Å²) in [5, 5.41) is 0. The monoisotopic (exact) mass is 229 g/mol. The third-order valence-corrected chi connectivity index (χ3v) is 2.89. The van der Waals surface area contributed by atoms with Crippen molar-refractivity contribution in [1.29, 1.82) is 0 Å². The van der Waals surface area contributed by atoms with Crippen molar-refractivity contribution in [3.63, 3.8) is 0 Å². The van der Waals surface area contributed by atoms with E-state index in [0.717, 1.165) is 18.7 Å². The van der Waals surface area contributed by atoms with Crippen molar-refractivity contribution in [3.8, 4) is 0 Å². The predicted molar refractivity (Wildman–Crippen MR) is 71.3 cm³/mol. The molecule has 1 aromatic carbocycles. The van der Waals surface area contributed by atoms with Crippen molar-refractivity contribution < 1.29 is 4.42 Å². The average Bonchev–Trinajstić information content (AvgIpc) is 2.83. The Bertz CT molecular complexity index is 419. The maximum absolute atomic E-state index is 5.37. The third-order valence-electron chi connectivity index (χ3n) is 2.89. The molecule has 0 atom stereocenters. The molecule has 17 heavy (non-hydrogen) atoms. The van der Waals surface area contributed by atoms with Gasteiger partial charge in [0, 0.05) is 24.7 Å². The first-order valence-corrected chi connectivity index (χ1v) is 6.11. The maximum atomic E-state index is 5.37. The van der Waals surface area contributed by atoms with Crippen LogP contribution in [0.5, 0.6) is 0 Å². The van der Waals surface area contributed by atoms with Crippen LogP contribution in [0, 0.1) is 0 Å². The van der Waals surface area contributed by atoms with Gasteiger partial charge < -0.3 is 9.32 Å². The van der Waals surface area contributed by atoms with Crippen molar-refractivity contribution in [2.45, 2.75) is 26.3 Å². The largest absolute Gasteiger partial charge is 0.469 e. The van der Waals surface area contributed by atoms with Gasteiger partial charge in [0.15, 0.2) is 0 Å². The number of furan rings is 1. The topological polar surface area (TPSA) is 16.4 Å². The van der Waals surface area contributed by atoms with Crippen LogP contribution in [0.15, 0.2) is 53.1 Å². The Labute approximate surface area is 103 Å². The quantitative estimate of drug-likeness (QED) is 0.776. The minimum absolute atomic E-state index is 0.493. The number of para-hydroxylation sites is 1. The Morgan fingerprint density at radius 1 is 1.06 bits per heavy atom. The van der Waals surface area contributed by atoms with Crippen molar-refractivity contribution in [3.05, 3.63) is 54.5 Å². The molecule has 90 valence electrons. The van der Waals surface area contributed by atoms with Crippen molar-refractivity contribution in [2.75, 3.05) is 11.4 Å². The van der Waals surface area contributed by atoms with Crippen LogP contribution in [0.4, 0.5) is 5.69 Å². The van der Waals surface area contributed by atoms with Gasteiger partial charge in [-0.05, 0) is 38.1 Å². The molecule has 0 N–H and O–H groups in total. The van der Waals surface area contributed by atoms with Gasteiger partial charge in [-0.15, -0.1) is 0 Å². The smallest absolute Gasteiger partial charge is 0.105 e. The summed E-state index contributed by atoms with van der Waals surface area (Å²) in [6.07, 6.45) is 2.68. The molecular formula is C15H19NO. The Kier molecular flexibility index (Phi) is 3.86. The van der Waals surface area contributed by atoms with Crippen LogP contribution in [-0.4, -0.2) is 12.6 Å². The molecule has 0 bridgehead atoms. The normalized spacial score (nSPS) is 10.8. The van der Waals surface area contributed by atoms with E-state index in [0.29, 0.717) is 6.04 Å². The van der Waals surface area contributed by atoms with Crippen LogP contribution in [-0.2, 0) is 6.42 Å². The van der Waals surface area contributed by atoms with Gasteiger partial charge in [0.05, 0.1) is 6.26 Å². The number of benzene rings is 1. The van der Waals surface area contributed by atoms with E-state index in [2.05, 4.69) is 49.1 Å². The highest BCUT2D eigenvalue weighted by Gasteiger charge is 2.10. The molecule has 2 aromatic rings.